The fourth-order valence-electron chi connectivity index (χ4n) is 2.10. The van der Waals surface area contributed by atoms with Gasteiger partial charge in [-0.3, -0.25) is 4.79 Å². The number of hydrogen-bond acceptors (Lipinski definition) is 3. The molecule has 0 radical (unpaired) electrons. The third-order valence-corrected chi connectivity index (χ3v) is 3.47. The summed E-state index contributed by atoms with van der Waals surface area (Å²) in [7, 11) is 3.47. The Hall–Kier alpha value is -1.26. The minimum absolute atomic E-state index is 0.0281. The number of ether oxygens (including phenoxy) is 1. The summed E-state index contributed by atoms with van der Waals surface area (Å²) in [6.45, 7) is 1.51. The highest BCUT2D eigenvalue weighted by atomic mass is 35.5. The van der Waals surface area contributed by atoms with Crippen LogP contribution in [0.3, 0.4) is 0 Å². The number of hydrogen-bond donors (Lipinski definition) is 1. The van der Waals surface area contributed by atoms with Crippen LogP contribution in [-0.2, 0) is 4.74 Å². The lowest BCUT2D eigenvalue weighted by molar-refractivity contribution is 0.0827. The van der Waals surface area contributed by atoms with Crippen molar-refractivity contribution < 1.29 is 9.53 Å². The molecule has 1 heterocycles. The molecule has 1 aromatic carbocycles. The maximum atomic E-state index is 11.9. The van der Waals surface area contributed by atoms with Gasteiger partial charge in [0, 0.05) is 32.3 Å². The van der Waals surface area contributed by atoms with Gasteiger partial charge in [0.2, 0.25) is 0 Å². The lowest BCUT2D eigenvalue weighted by Crippen LogP contribution is -2.30. The van der Waals surface area contributed by atoms with Gasteiger partial charge in [0.25, 0.3) is 5.91 Å². The van der Waals surface area contributed by atoms with Crippen molar-refractivity contribution in [1.29, 1.82) is 0 Å². The van der Waals surface area contributed by atoms with E-state index in [1.807, 2.05) is 0 Å². The number of benzene rings is 1. The van der Waals surface area contributed by atoms with Crippen LogP contribution in [0.2, 0.25) is 5.02 Å². The molecule has 1 saturated heterocycles. The van der Waals surface area contributed by atoms with Crippen molar-refractivity contribution in [2.45, 2.75) is 18.9 Å². The molecular weight excluding hydrogens is 264 g/mol. The second kappa shape index (κ2) is 6.26. The minimum atomic E-state index is -0.0281. The topological polar surface area (TPSA) is 41.6 Å². The zero-order chi connectivity index (χ0) is 13.8. The van der Waals surface area contributed by atoms with E-state index < -0.39 is 0 Å². The van der Waals surface area contributed by atoms with Gasteiger partial charge in [0.05, 0.1) is 17.3 Å². The van der Waals surface area contributed by atoms with Crippen LogP contribution >= 0.6 is 11.6 Å². The number of carbonyl (C=O) groups is 1. The predicted octanol–water partition coefficient (Wildman–Crippen LogP) is 2.63. The highest BCUT2D eigenvalue weighted by Crippen LogP contribution is 2.25. The number of nitrogens with zero attached hydrogens (tertiary/aromatic N) is 1. The van der Waals surface area contributed by atoms with Gasteiger partial charge in [0.15, 0.2) is 0 Å². The number of nitrogens with one attached hydrogen (secondary N) is 1. The van der Waals surface area contributed by atoms with Crippen LogP contribution in [-0.4, -0.2) is 44.2 Å². The molecule has 4 nitrogen and oxygen atoms in total. The molecule has 1 unspecified atom stereocenters. The zero-order valence-corrected chi connectivity index (χ0v) is 12.0. The Morgan fingerprint density at radius 3 is 2.89 bits per heavy atom. The molecule has 1 aromatic rings. The van der Waals surface area contributed by atoms with E-state index in [9.17, 15) is 4.79 Å². The molecule has 1 aliphatic rings. The number of rotatable bonds is 3. The predicted molar refractivity (Wildman–Crippen MR) is 76.9 cm³/mol. The maximum absolute atomic E-state index is 11.9. The highest BCUT2D eigenvalue weighted by Gasteiger charge is 2.16. The summed E-state index contributed by atoms with van der Waals surface area (Å²) in [4.78, 5) is 13.5. The lowest BCUT2D eigenvalue weighted by Gasteiger charge is -2.25. The average Bonchev–Trinajstić information content (AvgIpc) is 2.41. The second-order valence-electron chi connectivity index (χ2n) is 4.95. The number of amides is 1. The quantitative estimate of drug-likeness (QED) is 0.927. The lowest BCUT2D eigenvalue weighted by atomic mass is 10.1. The van der Waals surface area contributed by atoms with Gasteiger partial charge in [-0.25, -0.2) is 0 Å². The number of halogens is 1. The van der Waals surface area contributed by atoms with Gasteiger partial charge in [0.1, 0.15) is 0 Å². The molecule has 19 heavy (non-hydrogen) atoms. The summed E-state index contributed by atoms with van der Waals surface area (Å²) < 4.78 is 5.43. The third kappa shape index (κ3) is 3.61. The molecule has 1 amide bonds. The smallest absolute Gasteiger partial charge is 0.253 e. The molecule has 1 N–H and O–H groups in total. The van der Waals surface area contributed by atoms with E-state index in [0.29, 0.717) is 17.2 Å². The van der Waals surface area contributed by atoms with Gasteiger partial charge in [-0.2, -0.15) is 0 Å². The van der Waals surface area contributed by atoms with Crippen molar-refractivity contribution in [2.24, 2.45) is 0 Å². The van der Waals surface area contributed by atoms with Gasteiger partial charge in [-0.05, 0) is 31.0 Å². The van der Waals surface area contributed by atoms with E-state index >= 15 is 0 Å². The van der Waals surface area contributed by atoms with Gasteiger partial charge in [-0.1, -0.05) is 11.6 Å². The van der Waals surface area contributed by atoms with Crippen molar-refractivity contribution in [1.82, 2.24) is 4.90 Å². The monoisotopic (exact) mass is 282 g/mol. The Labute approximate surface area is 118 Å². The first kappa shape index (κ1) is 14.2. The van der Waals surface area contributed by atoms with Gasteiger partial charge in [-0.15, -0.1) is 0 Å². The average molecular weight is 283 g/mol. The van der Waals surface area contributed by atoms with Crippen molar-refractivity contribution in [3.8, 4) is 0 Å². The van der Waals surface area contributed by atoms with Crippen molar-refractivity contribution in [3.05, 3.63) is 28.8 Å². The molecule has 5 heteroatoms. The number of carbonyl (C=O) groups excluding carboxylic acids is 1. The Morgan fingerprint density at radius 1 is 1.47 bits per heavy atom. The zero-order valence-electron chi connectivity index (χ0n) is 11.3. The third-order valence-electron chi connectivity index (χ3n) is 3.14. The van der Waals surface area contributed by atoms with Crippen LogP contribution < -0.4 is 5.32 Å². The fraction of sp³-hybridized carbons (Fsp3) is 0.500. The summed E-state index contributed by atoms with van der Waals surface area (Å²) in [5, 5.41) is 3.98. The van der Waals surface area contributed by atoms with Crippen LogP contribution in [0.25, 0.3) is 0 Å². The normalized spacial score (nSPS) is 19.0. The molecule has 0 saturated carbocycles. The summed E-state index contributed by atoms with van der Waals surface area (Å²) >= 11 is 6.17. The molecular formula is C14H19ClN2O2. The SMILES string of the molecule is CN(C)C(=O)c1ccc(Cl)c(NC2CCCOC2)c1. The molecule has 104 valence electrons. The van der Waals surface area contributed by atoms with Crippen LogP contribution in [0.4, 0.5) is 5.69 Å². The summed E-state index contributed by atoms with van der Waals surface area (Å²) in [5.41, 5.74) is 1.43. The molecule has 0 aromatic heterocycles. The van der Waals surface area contributed by atoms with Crippen LogP contribution in [0, 0.1) is 0 Å². The standard InChI is InChI=1S/C14H19ClN2O2/c1-17(2)14(18)10-5-6-12(15)13(8-10)16-11-4-3-7-19-9-11/h5-6,8,11,16H,3-4,7,9H2,1-2H3. The first-order chi connectivity index (χ1) is 9.08. The first-order valence-corrected chi connectivity index (χ1v) is 6.81. The van der Waals surface area contributed by atoms with E-state index in [1.165, 1.54) is 0 Å². The molecule has 0 aliphatic carbocycles. The molecule has 1 fully saturated rings. The van der Waals surface area contributed by atoms with E-state index in [1.54, 1.807) is 37.2 Å². The van der Waals surface area contributed by atoms with Gasteiger partial charge >= 0.3 is 0 Å². The fourth-order valence-corrected chi connectivity index (χ4v) is 2.27. The summed E-state index contributed by atoms with van der Waals surface area (Å²) in [6, 6.07) is 5.56. The Bertz CT molecular complexity index is 457. The Kier molecular flexibility index (Phi) is 4.66. The van der Waals surface area contributed by atoms with Crippen LogP contribution in [0.1, 0.15) is 23.2 Å². The van der Waals surface area contributed by atoms with E-state index in [4.69, 9.17) is 16.3 Å². The molecule has 1 atom stereocenters. The van der Waals surface area contributed by atoms with Crippen molar-refractivity contribution in [3.63, 3.8) is 0 Å². The minimum Gasteiger partial charge on any atom is -0.379 e. The largest absolute Gasteiger partial charge is 0.379 e. The Balaban J connectivity index is 2.14. The maximum Gasteiger partial charge on any atom is 0.253 e. The second-order valence-corrected chi connectivity index (χ2v) is 5.36. The molecule has 0 bridgehead atoms. The molecule has 0 spiro atoms. The van der Waals surface area contributed by atoms with Crippen LogP contribution in [0.15, 0.2) is 18.2 Å². The summed E-state index contributed by atoms with van der Waals surface area (Å²) in [6.07, 6.45) is 2.10. The van der Waals surface area contributed by atoms with Crippen LogP contribution in [0.5, 0.6) is 0 Å². The molecule has 2 rings (SSSR count). The van der Waals surface area contributed by atoms with Crippen molar-refractivity contribution in [2.75, 3.05) is 32.6 Å². The van der Waals surface area contributed by atoms with E-state index in [-0.39, 0.29) is 11.9 Å². The van der Waals surface area contributed by atoms with Crippen molar-refractivity contribution >= 4 is 23.2 Å². The highest BCUT2D eigenvalue weighted by molar-refractivity contribution is 6.33. The Morgan fingerprint density at radius 2 is 2.26 bits per heavy atom. The first-order valence-electron chi connectivity index (χ1n) is 6.43. The van der Waals surface area contributed by atoms with E-state index in [2.05, 4.69) is 5.32 Å². The van der Waals surface area contributed by atoms with E-state index in [0.717, 1.165) is 25.1 Å². The molecule has 1 aliphatic heterocycles. The van der Waals surface area contributed by atoms with Gasteiger partial charge < -0.3 is 15.0 Å². The summed E-state index contributed by atoms with van der Waals surface area (Å²) in [5.74, 6) is -0.0281. The number of anilines is 1.